The van der Waals surface area contributed by atoms with Crippen molar-refractivity contribution in [3.63, 3.8) is 0 Å². The number of aromatic hydroxyl groups is 1. The highest BCUT2D eigenvalue weighted by Crippen LogP contribution is 2.36. The fourth-order valence-corrected chi connectivity index (χ4v) is 1.79. The van der Waals surface area contributed by atoms with Crippen molar-refractivity contribution in [2.75, 3.05) is 5.73 Å². The van der Waals surface area contributed by atoms with Crippen LogP contribution in [0.2, 0.25) is 5.02 Å². The molecule has 0 fully saturated rings. The number of aliphatic imine (C=N–C) groups is 1. The summed E-state index contributed by atoms with van der Waals surface area (Å²) in [6.07, 6.45) is 4.17. The molecule has 4 nitrogen and oxygen atoms in total. The van der Waals surface area contributed by atoms with E-state index in [0.717, 1.165) is 0 Å². The maximum absolute atomic E-state index is 11.6. The van der Waals surface area contributed by atoms with E-state index < -0.39 is 0 Å². The summed E-state index contributed by atoms with van der Waals surface area (Å²) in [4.78, 5) is 15.6. The van der Waals surface area contributed by atoms with E-state index in [2.05, 4.69) is 4.99 Å². The lowest BCUT2D eigenvalue weighted by Gasteiger charge is -2.06. The molecule has 2 rings (SSSR count). The Morgan fingerprint density at radius 2 is 1.94 bits per heavy atom. The lowest BCUT2D eigenvalue weighted by molar-refractivity contribution is -0.108. The smallest absolute Gasteiger partial charge is 0.204 e. The SMILES string of the molecule is Nc1cc(Cl)cc(N=C2C=C(Cl)C=CC2=O)c1O. The van der Waals surface area contributed by atoms with Crippen molar-refractivity contribution in [1.82, 2.24) is 0 Å². The van der Waals surface area contributed by atoms with Crippen LogP contribution >= 0.6 is 23.2 Å². The van der Waals surface area contributed by atoms with Crippen LogP contribution in [0.15, 0.2) is 40.4 Å². The van der Waals surface area contributed by atoms with Gasteiger partial charge in [0.25, 0.3) is 0 Å². The van der Waals surface area contributed by atoms with E-state index in [1.165, 1.54) is 30.4 Å². The van der Waals surface area contributed by atoms with Gasteiger partial charge < -0.3 is 10.8 Å². The topological polar surface area (TPSA) is 75.7 Å². The average Bonchev–Trinajstić information content (AvgIpc) is 2.30. The number of hydrogen-bond acceptors (Lipinski definition) is 4. The second-order valence-corrected chi connectivity index (χ2v) is 4.46. The van der Waals surface area contributed by atoms with Crippen molar-refractivity contribution in [3.8, 4) is 5.75 Å². The van der Waals surface area contributed by atoms with E-state index in [-0.39, 0.29) is 28.6 Å². The first-order valence-corrected chi connectivity index (χ1v) is 5.69. The van der Waals surface area contributed by atoms with Gasteiger partial charge in [0, 0.05) is 10.1 Å². The number of phenols is 1. The molecule has 0 atom stereocenters. The molecule has 0 aromatic heterocycles. The van der Waals surface area contributed by atoms with Gasteiger partial charge in [-0.15, -0.1) is 0 Å². The van der Waals surface area contributed by atoms with Gasteiger partial charge in [0.2, 0.25) is 5.78 Å². The van der Waals surface area contributed by atoms with Crippen LogP contribution in [0.4, 0.5) is 11.4 Å². The molecule has 0 radical (unpaired) electrons. The number of rotatable bonds is 1. The van der Waals surface area contributed by atoms with Crippen molar-refractivity contribution < 1.29 is 9.90 Å². The van der Waals surface area contributed by atoms with Crippen molar-refractivity contribution in [1.29, 1.82) is 0 Å². The Morgan fingerprint density at radius 3 is 2.67 bits per heavy atom. The molecule has 0 amide bonds. The fourth-order valence-electron chi connectivity index (χ4n) is 1.40. The predicted molar refractivity (Wildman–Crippen MR) is 72.7 cm³/mol. The maximum atomic E-state index is 11.6. The van der Waals surface area contributed by atoms with E-state index in [0.29, 0.717) is 10.1 Å². The van der Waals surface area contributed by atoms with Crippen LogP contribution in [0.3, 0.4) is 0 Å². The van der Waals surface area contributed by atoms with Crippen molar-refractivity contribution in [3.05, 3.63) is 40.4 Å². The molecule has 0 aliphatic heterocycles. The number of allylic oxidation sites excluding steroid dienone is 4. The molecule has 0 bridgehead atoms. The lowest BCUT2D eigenvalue weighted by Crippen LogP contribution is -2.11. The predicted octanol–water partition coefficient (Wildman–Crippen LogP) is 2.96. The van der Waals surface area contributed by atoms with Crippen LogP contribution in [-0.4, -0.2) is 16.6 Å². The number of carbonyl (C=O) groups excluding carboxylic acids is 1. The van der Waals surface area contributed by atoms with Gasteiger partial charge in [0.15, 0.2) is 5.75 Å². The van der Waals surface area contributed by atoms with Crippen molar-refractivity contribution in [2.45, 2.75) is 0 Å². The van der Waals surface area contributed by atoms with E-state index in [1.54, 1.807) is 0 Å². The van der Waals surface area contributed by atoms with E-state index >= 15 is 0 Å². The van der Waals surface area contributed by atoms with Gasteiger partial charge in [0.05, 0.1) is 5.69 Å². The zero-order valence-electron chi connectivity index (χ0n) is 9.02. The Kier molecular flexibility index (Phi) is 3.41. The van der Waals surface area contributed by atoms with Gasteiger partial charge in [-0.1, -0.05) is 23.2 Å². The molecule has 0 saturated heterocycles. The fraction of sp³-hybridized carbons (Fsp3) is 0. The number of benzene rings is 1. The molecular formula is C12H8Cl2N2O2. The Bertz CT molecular complexity index is 619. The van der Waals surface area contributed by atoms with Crippen LogP contribution in [0.1, 0.15) is 0 Å². The molecule has 0 spiro atoms. The molecule has 3 N–H and O–H groups in total. The molecule has 0 unspecified atom stereocenters. The van der Waals surface area contributed by atoms with Crippen LogP contribution in [0.5, 0.6) is 5.75 Å². The second-order valence-electron chi connectivity index (χ2n) is 3.59. The quantitative estimate of drug-likeness (QED) is 0.472. The molecule has 6 heteroatoms. The summed E-state index contributed by atoms with van der Waals surface area (Å²) in [5.74, 6) is -0.531. The molecular weight excluding hydrogens is 275 g/mol. The highest BCUT2D eigenvalue weighted by Gasteiger charge is 2.13. The first-order chi connectivity index (χ1) is 8.47. The number of ketones is 1. The number of hydrogen-bond donors (Lipinski definition) is 2. The molecule has 1 aromatic carbocycles. The minimum Gasteiger partial charge on any atom is -0.504 e. The van der Waals surface area contributed by atoms with Gasteiger partial charge in [-0.05, 0) is 30.4 Å². The number of halogens is 2. The van der Waals surface area contributed by atoms with Gasteiger partial charge >= 0.3 is 0 Å². The summed E-state index contributed by atoms with van der Waals surface area (Å²) in [6, 6.07) is 2.81. The molecule has 1 aliphatic carbocycles. The third-order valence-electron chi connectivity index (χ3n) is 2.25. The summed E-state index contributed by atoms with van der Waals surface area (Å²) in [6.45, 7) is 0. The second kappa shape index (κ2) is 4.84. The van der Waals surface area contributed by atoms with Crippen LogP contribution < -0.4 is 5.73 Å². The number of nitrogen functional groups attached to an aromatic ring is 1. The molecule has 18 heavy (non-hydrogen) atoms. The molecule has 0 saturated carbocycles. The monoisotopic (exact) mass is 282 g/mol. The number of nitrogens with two attached hydrogens (primary N) is 1. The molecule has 1 aromatic rings. The zero-order valence-corrected chi connectivity index (χ0v) is 10.5. The largest absolute Gasteiger partial charge is 0.504 e. The van der Waals surface area contributed by atoms with E-state index in [1.807, 2.05) is 0 Å². The number of nitrogens with zero attached hydrogens (tertiary/aromatic N) is 1. The van der Waals surface area contributed by atoms with Gasteiger partial charge in [0.1, 0.15) is 11.4 Å². The number of phenolic OH excluding ortho intramolecular Hbond substituents is 1. The molecule has 92 valence electrons. The Morgan fingerprint density at radius 1 is 1.22 bits per heavy atom. The van der Waals surface area contributed by atoms with E-state index in [9.17, 15) is 9.90 Å². The van der Waals surface area contributed by atoms with Crippen LogP contribution in [-0.2, 0) is 4.79 Å². The summed E-state index contributed by atoms with van der Waals surface area (Å²) in [5, 5.41) is 10.4. The van der Waals surface area contributed by atoms with Crippen LogP contribution in [0.25, 0.3) is 0 Å². The van der Waals surface area contributed by atoms with Gasteiger partial charge in [-0.25, -0.2) is 4.99 Å². The standard InChI is InChI=1S/C12H8Cl2N2O2/c13-6-1-2-11(17)9(4-6)16-10-5-7(14)3-8(15)12(10)18/h1-5,18H,15H2. The Hall–Kier alpha value is -1.78. The number of anilines is 1. The molecule has 0 heterocycles. The summed E-state index contributed by atoms with van der Waals surface area (Å²) >= 11 is 11.6. The third kappa shape index (κ3) is 2.55. The normalized spacial score (nSPS) is 17.1. The number of carbonyl (C=O) groups is 1. The van der Waals surface area contributed by atoms with E-state index in [4.69, 9.17) is 28.9 Å². The highest BCUT2D eigenvalue weighted by atomic mass is 35.5. The summed E-state index contributed by atoms with van der Waals surface area (Å²) in [5.41, 5.74) is 5.87. The molecule has 1 aliphatic rings. The van der Waals surface area contributed by atoms with Crippen molar-refractivity contribution >= 4 is 46.1 Å². The van der Waals surface area contributed by atoms with Gasteiger partial charge in [-0.2, -0.15) is 0 Å². The first-order valence-electron chi connectivity index (χ1n) is 4.93. The summed E-state index contributed by atoms with van der Waals surface area (Å²) in [7, 11) is 0. The highest BCUT2D eigenvalue weighted by molar-refractivity contribution is 6.52. The lowest BCUT2D eigenvalue weighted by atomic mass is 10.1. The minimum absolute atomic E-state index is 0.0933. The Balaban J connectivity index is 2.51. The first kappa shape index (κ1) is 12.7. The van der Waals surface area contributed by atoms with Crippen molar-refractivity contribution in [2.24, 2.45) is 4.99 Å². The minimum atomic E-state index is -0.308. The zero-order chi connectivity index (χ0) is 13.3. The third-order valence-corrected chi connectivity index (χ3v) is 2.70. The van der Waals surface area contributed by atoms with Gasteiger partial charge in [-0.3, -0.25) is 4.79 Å². The maximum Gasteiger partial charge on any atom is 0.204 e. The summed E-state index contributed by atoms with van der Waals surface area (Å²) < 4.78 is 0. The average molecular weight is 283 g/mol. The van der Waals surface area contributed by atoms with Crippen LogP contribution in [0, 0.1) is 0 Å². The Labute approximate surface area is 113 Å².